The summed E-state index contributed by atoms with van der Waals surface area (Å²) in [6.07, 6.45) is 6.01. The summed E-state index contributed by atoms with van der Waals surface area (Å²) in [5.41, 5.74) is 4.10. The average Bonchev–Trinajstić information content (AvgIpc) is 3.74. The molecule has 0 aliphatic rings. The molecule has 1 unspecified atom stereocenters. The van der Waals surface area contributed by atoms with Gasteiger partial charge < -0.3 is 4.74 Å². The summed E-state index contributed by atoms with van der Waals surface area (Å²) in [5.74, 6) is 1.35. The minimum atomic E-state index is -0.307. The lowest BCUT2D eigenvalue weighted by Crippen LogP contribution is -2.27. The van der Waals surface area contributed by atoms with Crippen LogP contribution in [0.5, 0.6) is 0 Å². The number of rotatable bonds is 11. The van der Waals surface area contributed by atoms with Gasteiger partial charge in [-0.05, 0) is 94.3 Å². The Hall–Kier alpha value is -2.39. The van der Waals surface area contributed by atoms with Crippen LogP contribution in [0, 0.1) is 25.7 Å². The Morgan fingerprint density at radius 2 is 1.35 bits per heavy atom. The van der Waals surface area contributed by atoms with Gasteiger partial charge in [-0.1, -0.05) is 52.2 Å². The molecule has 0 bridgehead atoms. The van der Waals surface area contributed by atoms with Crippen molar-refractivity contribution in [2.75, 3.05) is 0 Å². The quantitative estimate of drug-likeness (QED) is 0.133. The highest BCUT2D eigenvalue weighted by atomic mass is 32.1. The van der Waals surface area contributed by atoms with E-state index in [0.29, 0.717) is 0 Å². The molecular formula is C35H44N2O2S4. The number of ether oxygens (including phenoxy) is 1. The first-order chi connectivity index (χ1) is 20.4. The van der Waals surface area contributed by atoms with Gasteiger partial charge in [-0.3, -0.25) is 4.79 Å². The zero-order valence-corrected chi connectivity index (χ0v) is 29.9. The SMILES string of the molecule is CC(=O)OC(C)(C)CCC(C)CCCC(C)C.Cc1ccc(-c2ccc(-c3ccc(-c4ccc(C)c5nsnc45)s3)s2)s1. The number of benzene rings is 1. The largest absolute Gasteiger partial charge is 0.460 e. The van der Waals surface area contributed by atoms with Crippen molar-refractivity contribution in [2.45, 2.75) is 93.1 Å². The highest BCUT2D eigenvalue weighted by Crippen LogP contribution is 2.42. The van der Waals surface area contributed by atoms with E-state index < -0.39 is 0 Å². The lowest BCUT2D eigenvalue weighted by atomic mass is 9.91. The second-order valence-corrected chi connectivity index (χ2v) is 16.4. The van der Waals surface area contributed by atoms with Crippen LogP contribution in [0.3, 0.4) is 0 Å². The van der Waals surface area contributed by atoms with Gasteiger partial charge in [0.1, 0.15) is 16.6 Å². The number of hydrogen-bond donors (Lipinski definition) is 0. The Bertz CT molecular complexity index is 1620. The molecule has 5 rings (SSSR count). The van der Waals surface area contributed by atoms with E-state index in [2.05, 4.69) is 91.9 Å². The fraction of sp³-hybridized carbons (Fsp3) is 0.457. The van der Waals surface area contributed by atoms with Crippen LogP contribution in [0.15, 0.2) is 48.5 Å². The zero-order chi connectivity index (χ0) is 31.1. The van der Waals surface area contributed by atoms with E-state index in [-0.39, 0.29) is 11.6 Å². The van der Waals surface area contributed by atoms with Crippen molar-refractivity contribution in [3.05, 3.63) is 59.0 Å². The third-order valence-corrected chi connectivity index (χ3v) is 11.6. The van der Waals surface area contributed by atoms with Crippen molar-refractivity contribution in [1.29, 1.82) is 0 Å². The van der Waals surface area contributed by atoms with Gasteiger partial charge in [0.2, 0.25) is 0 Å². The maximum atomic E-state index is 10.9. The van der Waals surface area contributed by atoms with Crippen molar-refractivity contribution in [2.24, 2.45) is 11.8 Å². The summed E-state index contributed by atoms with van der Waals surface area (Å²) in [6, 6.07) is 17.6. The Labute approximate surface area is 273 Å². The molecule has 5 aromatic rings. The summed E-state index contributed by atoms with van der Waals surface area (Å²) >= 11 is 6.84. The molecule has 8 heteroatoms. The minimum absolute atomic E-state index is 0.178. The van der Waals surface area contributed by atoms with Crippen molar-refractivity contribution in [3.63, 3.8) is 0 Å². The summed E-state index contributed by atoms with van der Waals surface area (Å²) in [5, 5.41) is 0. The second kappa shape index (κ2) is 15.1. The van der Waals surface area contributed by atoms with E-state index >= 15 is 0 Å². The topological polar surface area (TPSA) is 52.1 Å². The molecule has 1 aromatic carbocycles. The fourth-order valence-electron chi connectivity index (χ4n) is 5.03. The molecule has 230 valence electrons. The zero-order valence-electron chi connectivity index (χ0n) is 26.7. The number of fused-ring (bicyclic) bond motifs is 1. The number of hydrogen-bond acceptors (Lipinski definition) is 8. The molecule has 0 aliphatic carbocycles. The van der Waals surface area contributed by atoms with Gasteiger partial charge in [0, 0.05) is 41.8 Å². The number of aromatic nitrogens is 2. The maximum Gasteiger partial charge on any atom is 0.303 e. The smallest absolute Gasteiger partial charge is 0.303 e. The number of carbonyl (C=O) groups is 1. The first kappa shape index (κ1) is 33.5. The normalized spacial score (nSPS) is 12.4. The van der Waals surface area contributed by atoms with E-state index in [1.54, 1.807) is 0 Å². The number of carbonyl (C=O) groups excluding carboxylic acids is 1. The van der Waals surface area contributed by atoms with Gasteiger partial charge in [0.05, 0.1) is 11.7 Å². The molecule has 1 atom stereocenters. The minimum Gasteiger partial charge on any atom is -0.460 e. The third kappa shape index (κ3) is 9.55. The van der Waals surface area contributed by atoms with Crippen LogP contribution in [0.25, 0.3) is 41.0 Å². The van der Waals surface area contributed by atoms with Crippen molar-refractivity contribution < 1.29 is 9.53 Å². The molecule has 0 radical (unpaired) electrons. The van der Waals surface area contributed by atoms with Crippen molar-refractivity contribution in [1.82, 2.24) is 8.75 Å². The number of thiophene rings is 3. The van der Waals surface area contributed by atoms with E-state index in [0.717, 1.165) is 35.7 Å². The molecule has 0 spiro atoms. The van der Waals surface area contributed by atoms with Gasteiger partial charge in [0.15, 0.2) is 0 Å². The molecule has 4 heterocycles. The maximum absolute atomic E-state index is 10.9. The van der Waals surface area contributed by atoms with E-state index in [4.69, 9.17) is 4.74 Å². The molecule has 0 N–H and O–H groups in total. The standard InChI is InChI=1S/C20H14N2S4.C15H30O2/c1-11-3-5-13(20-19(11)21-26-22-20)14-7-8-17(24-14)18-10-9-16(25-18)15-6-4-12(2)23-15;1-12(2)8-7-9-13(3)10-11-15(5,6)17-14(4)16/h3-10H,1-2H3;12-13H,7-11H2,1-6H3. The van der Waals surface area contributed by atoms with Gasteiger partial charge in [-0.25, -0.2) is 0 Å². The predicted octanol–water partition coefficient (Wildman–Crippen LogP) is 12.1. The molecule has 43 heavy (non-hydrogen) atoms. The summed E-state index contributed by atoms with van der Waals surface area (Å²) in [6.45, 7) is 16.6. The lowest BCUT2D eigenvalue weighted by molar-refractivity contribution is -0.154. The first-order valence-electron chi connectivity index (χ1n) is 15.1. The average molecular weight is 653 g/mol. The van der Waals surface area contributed by atoms with Gasteiger partial charge in [-0.2, -0.15) is 8.75 Å². The van der Waals surface area contributed by atoms with Crippen molar-refractivity contribution >= 4 is 62.7 Å². The third-order valence-electron chi connectivity index (χ3n) is 7.46. The molecule has 0 fully saturated rings. The van der Waals surface area contributed by atoms with E-state index in [9.17, 15) is 4.79 Å². The first-order valence-corrected chi connectivity index (χ1v) is 18.3. The Morgan fingerprint density at radius 3 is 1.95 bits per heavy atom. The van der Waals surface area contributed by atoms with Crippen LogP contribution in [0.1, 0.15) is 84.1 Å². The molecular weight excluding hydrogens is 609 g/mol. The summed E-state index contributed by atoms with van der Waals surface area (Å²) in [4.78, 5) is 18.9. The predicted molar refractivity (Wildman–Crippen MR) is 190 cm³/mol. The Kier molecular flexibility index (Phi) is 11.7. The fourth-order valence-corrected chi connectivity index (χ4v) is 8.73. The number of aryl methyl sites for hydroxylation is 2. The molecule has 0 amide bonds. The van der Waals surface area contributed by atoms with E-state index in [1.165, 1.54) is 78.3 Å². The summed E-state index contributed by atoms with van der Waals surface area (Å²) in [7, 11) is 0. The van der Waals surface area contributed by atoms with Crippen molar-refractivity contribution in [3.8, 4) is 29.9 Å². The van der Waals surface area contributed by atoms with E-state index in [1.807, 2.05) is 47.9 Å². The molecule has 4 nitrogen and oxygen atoms in total. The lowest BCUT2D eigenvalue weighted by Gasteiger charge is -2.26. The molecule has 4 aromatic heterocycles. The highest BCUT2D eigenvalue weighted by molar-refractivity contribution is 7.27. The summed E-state index contributed by atoms with van der Waals surface area (Å²) < 4.78 is 14.3. The highest BCUT2D eigenvalue weighted by Gasteiger charge is 2.22. The van der Waals surface area contributed by atoms with Gasteiger partial charge in [0.25, 0.3) is 0 Å². The Balaban J connectivity index is 0.000000219. The number of nitrogens with zero attached hydrogens (tertiary/aromatic N) is 2. The van der Waals surface area contributed by atoms with Crippen LogP contribution in [-0.2, 0) is 9.53 Å². The Morgan fingerprint density at radius 1 is 0.767 bits per heavy atom. The van der Waals surface area contributed by atoms with Crippen LogP contribution in [-0.4, -0.2) is 20.3 Å². The molecule has 0 saturated heterocycles. The van der Waals surface area contributed by atoms with Crippen LogP contribution in [0.2, 0.25) is 0 Å². The monoisotopic (exact) mass is 652 g/mol. The molecule has 0 saturated carbocycles. The van der Waals surface area contributed by atoms with Crippen LogP contribution < -0.4 is 0 Å². The van der Waals surface area contributed by atoms with Gasteiger partial charge in [-0.15, -0.1) is 34.0 Å². The number of esters is 1. The van der Waals surface area contributed by atoms with Gasteiger partial charge >= 0.3 is 5.97 Å². The van der Waals surface area contributed by atoms with Crippen LogP contribution >= 0.6 is 45.7 Å². The second-order valence-electron chi connectivity index (χ2n) is 12.5. The molecule has 0 aliphatic heterocycles. The van der Waals surface area contributed by atoms with Crippen LogP contribution in [0.4, 0.5) is 0 Å².